The van der Waals surface area contributed by atoms with Gasteiger partial charge in [-0.3, -0.25) is 10.2 Å². The molecule has 3 saturated heterocycles. The molecule has 6 rings (SSSR count). The zero-order valence-electron chi connectivity index (χ0n) is 14.1. The molecule has 5 heterocycles. The van der Waals surface area contributed by atoms with Crippen molar-refractivity contribution in [3.8, 4) is 0 Å². The summed E-state index contributed by atoms with van der Waals surface area (Å²) in [5.74, 6) is 0.652. The van der Waals surface area contributed by atoms with Crippen LogP contribution in [-0.2, 0) is 4.74 Å². The van der Waals surface area contributed by atoms with E-state index in [2.05, 4.69) is 25.2 Å². The van der Waals surface area contributed by atoms with E-state index in [0.717, 1.165) is 30.7 Å². The number of halogens is 1. The van der Waals surface area contributed by atoms with Gasteiger partial charge in [0.15, 0.2) is 0 Å². The molecule has 0 radical (unpaired) electrons. The molecule has 2 bridgehead atoms. The van der Waals surface area contributed by atoms with Gasteiger partial charge in [0.1, 0.15) is 11.4 Å². The van der Waals surface area contributed by atoms with Crippen molar-refractivity contribution in [2.75, 3.05) is 31.5 Å². The predicted octanol–water partition coefficient (Wildman–Crippen LogP) is 2.34. The molecule has 3 fully saturated rings. The molecule has 6 nitrogen and oxygen atoms in total. The van der Waals surface area contributed by atoms with Gasteiger partial charge >= 0.3 is 0 Å². The zero-order chi connectivity index (χ0) is 17.0. The largest absolute Gasteiger partial charge is 0.455 e. The number of anilines is 1. The summed E-state index contributed by atoms with van der Waals surface area (Å²) >= 11 is 0. The second kappa shape index (κ2) is 5.36. The first-order valence-electron chi connectivity index (χ1n) is 8.78. The quantitative estimate of drug-likeness (QED) is 0.863. The zero-order valence-corrected chi connectivity index (χ0v) is 14.1. The lowest BCUT2D eigenvalue weighted by Gasteiger charge is -2.50. The SMILES string of the molecule is Cc1nc(NC2=NCC3(CN4CCC3CC4)O2)nc2cc(F)ccc12. The fourth-order valence-corrected chi connectivity index (χ4v) is 4.36. The molecule has 0 amide bonds. The van der Waals surface area contributed by atoms with Crippen LogP contribution in [0, 0.1) is 18.7 Å². The summed E-state index contributed by atoms with van der Waals surface area (Å²) in [6.45, 7) is 5.83. The number of aromatic nitrogens is 2. The van der Waals surface area contributed by atoms with Crippen LogP contribution in [0.5, 0.6) is 0 Å². The second-order valence-electron chi connectivity index (χ2n) is 7.26. The maximum Gasteiger partial charge on any atom is 0.292 e. The van der Waals surface area contributed by atoms with Crippen LogP contribution in [0.1, 0.15) is 18.5 Å². The van der Waals surface area contributed by atoms with E-state index in [9.17, 15) is 4.39 Å². The van der Waals surface area contributed by atoms with Crippen molar-refractivity contribution in [3.05, 3.63) is 29.7 Å². The topological polar surface area (TPSA) is 62.6 Å². The summed E-state index contributed by atoms with van der Waals surface area (Å²) in [5, 5.41) is 3.93. The summed E-state index contributed by atoms with van der Waals surface area (Å²) in [7, 11) is 0. The first-order chi connectivity index (χ1) is 12.1. The number of benzene rings is 1. The van der Waals surface area contributed by atoms with Gasteiger partial charge in [0, 0.05) is 23.9 Å². The van der Waals surface area contributed by atoms with Crippen LogP contribution >= 0.6 is 0 Å². The monoisotopic (exact) mass is 341 g/mol. The maximum atomic E-state index is 13.5. The Morgan fingerprint density at radius 2 is 2.12 bits per heavy atom. The number of piperidine rings is 3. The molecule has 4 aliphatic heterocycles. The van der Waals surface area contributed by atoms with Crippen LogP contribution in [-0.4, -0.2) is 52.7 Å². The summed E-state index contributed by atoms with van der Waals surface area (Å²) in [6.07, 6.45) is 2.35. The average Bonchev–Trinajstić information content (AvgIpc) is 2.97. The molecule has 1 N–H and O–H groups in total. The molecule has 2 aromatic rings. The highest BCUT2D eigenvalue weighted by Gasteiger charge is 2.51. The molecule has 1 spiro atoms. The van der Waals surface area contributed by atoms with E-state index < -0.39 is 0 Å². The molecule has 1 unspecified atom stereocenters. The number of rotatable bonds is 1. The minimum atomic E-state index is -0.308. The van der Waals surface area contributed by atoms with Crippen LogP contribution in [0.3, 0.4) is 0 Å². The Morgan fingerprint density at radius 1 is 1.28 bits per heavy atom. The Bertz CT molecular complexity index is 877. The van der Waals surface area contributed by atoms with Crippen molar-refractivity contribution in [3.63, 3.8) is 0 Å². The van der Waals surface area contributed by atoms with Gasteiger partial charge in [-0.15, -0.1) is 0 Å². The number of amidine groups is 1. The minimum absolute atomic E-state index is 0.198. The lowest BCUT2D eigenvalue weighted by molar-refractivity contribution is -0.0829. The Hall–Kier alpha value is -2.28. The molecule has 0 aliphatic carbocycles. The third-order valence-corrected chi connectivity index (χ3v) is 5.68. The molecule has 130 valence electrons. The van der Waals surface area contributed by atoms with Gasteiger partial charge in [-0.05, 0) is 45.0 Å². The standard InChI is InChI=1S/C18H20FN5O/c1-11-14-3-2-13(19)8-15(14)22-16(21-11)23-17-20-9-18(25-17)10-24-6-4-12(18)5-7-24/h2-3,8,12H,4-7,9-10H2,1H3,(H,20,21,22,23). The highest BCUT2D eigenvalue weighted by Crippen LogP contribution is 2.40. The average molecular weight is 341 g/mol. The fourth-order valence-electron chi connectivity index (χ4n) is 4.36. The van der Waals surface area contributed by atoms with E-state index in [1.165, 1.54) is 25.0 Å². The van der Waals surface area contributed by atoms with Crippen LogP contribution < -0.4 is 5.32 Å². The van der Waals surface area contributed by atoms with Crippen molar-refractivity contribution in [1.29, 1.82) is 0 Å². The molecule has 25 heavy (non-hydrogen) atoms. The number of aryl methyl sites for hydroxylation is 1. The van der Waals surface area contributed by atoms with Crippen molar-refractivity contribution >= 4 is 22.9 Å². The number of nitrogens with zero attached hydrogens (tertiary/aromatic N) is 4. The first-order valence-corrected chi connectivity index (χ1v) is 8.78. The van der Waals surface area contributed by atoms with E-state index in [1.54, 1.807) is 6.07 Å². The number of hydrogen-bond donors (Lipinski definition) is 1. The van der Waals surface area contributed by atoms with E-state index in [1.807, 2.05) is 6.92 Å². The Morgan fingerprint density at radius 3 is 2.88 bits per heavy atom. The van der Waals surface area contributed by atoms with E-state index >= 15 is 0 Å². The van der Waals surface area contributed by atoms with Crippen LogP contribution in [0.4, 0.5) is 10.3 Å². The second-order valence-corrected chi connectivity index (χ2v) is 7.26. The summed E-state index contributed by atoms with van der Waals surface area (Å²) in [5.41, 5.74) is 1.17. The molecule has 0 saturated carbocycles. The number of hydrogen-bond acceptors (Lipinski definition) is 6. The van der Waals surface area contributed by atoms with Gasteiger partial charge in [-0.1, -0.05) is 0 Å². The Balaban J connectivity index is 1.39. The highest BCUT2D eigenvalue weighted by atomic mass is 19.1. The predicted molar refractivity (Wildman–Crippen MR) is 93.1 cm³/mol. The summed E-state index contributed by atoms with van der Waals surface area (Å²) in [6, 6.07) is 5.02. The van der Waals surface area contributed by atoms with Gasteiger partial charge in [0.2, 0.25) is 5.95 Å². The van der Waals surface area contributed by atoms with Gasteiger partial charge in [-0.2, -0.15) is 0 Å². The molecule has 4 aliphatic rings. The number of ether oxygens (including phenoxy) is 1. The van der Waals surface area contributed by atoms with E-state index in [-0.39, 0.29) is 11.4 Å². The van der Waals surface area contributed by atoms with E-state index in [4.69, 9.17) is 4.74 Å². The normalized spacial score (nSPS) is 30.6. The summed E-state index contributed by atoms with van der Waals surface area (Å²) in [4.78, 5) is 15.9. The highest BCUT2D eigenvalue weighted by molar-refractivity contribution is 5.90. The van der Waals surface area contributed by atoms with Crippen molar-refractivity contribution in [2.45, 2.75) is 25.4 Å². The minimum Gasteiger partial charge on any atom is -0.455 e. The third-order valence-electron chi connectivity index (χ3n) is 5.68. The van der Waals surface area contributed by atoms with E-state index in [0.29, 0.717) is 29.9 Å². The lowest BCUT2D eigenvalue weighted by Crippen LogP contribution is -2.61. The van der Waals surface area contributed by atoms with Gasteiger partial charge in [-0.25, -0.2) is 19.4 Å². The molecule has 1 aromatic heterocycles. The third kappa shape index (κ3) is 2.45. The van der Waals surface area contributed by atoms with Gasteiger partial charge in [0.25, 0.3) is 6.02 Å². The maximum absolute atomic E-state index is 13.5. The van der Waals surface area contributed by atoms with Crippen molar-refractivity contribution in [1.82, 2.24) is 14.9 Å². The smallest absolute Gasteiger partial charge is 0.292 e. The number of aliphatic imine (C=N–C) groups is 1. The number of nitrogens with one attached hydrogen (secondary N) is 1. The van der Waals surface area contributed by atoms with Gasteiger partial charge in [0.05, 0.1) is 17.8 Å². The first kappa shape index (κ1) is 15.0. The number of fused-ring (bicyclic) bond motifs is 3. The lowest BCUT2D eigenvalue weighted by atomic mass is 9.75. The van der Waals surface area contributed by atoms with Crippen LogP contribution in [0.25, 0.3) is 10.9 Å². The molecular weight excluding hydrogens is 321 g/mol. The van der Waals surface area contributed by atoms with Crippen molar-refractivity contribution in [2.24, 2.45) is 10.9 Å². The Labute approximate surface area is 145 Å². The summed E-state index contributed by atoms with van der Waals surface area (Å²) < 4.78 is 19.7. The Kier molecular flexibility index (Phi) is 3.22. The van der Waals surface area contributed by atoms with Crippen LogP contribution in [0.2, 0.25) is 0 Å². The molecule has 1 aromatic carbocycles. The fraction of sp³-hybridized carbons (Fsp3) is 0.500. The molecule has 7 heteroatoms. The molecule has 1 atom stereocenters. The molecular formula is C18H20FN5O. The van der Waals surface area contributed by atoms with Crippen molar-refractivity contribution < 1.29 is 9.13 Å². The van der Waals surface area contributed by atoms with Crippen LogP contribution in [0.15, 0.2) is 23.2 Å². The van der Waals surface area contributed by atoms with Gasteiger partial charge < -0.3 is 4.74 Å².